The highest BCUT2D eigenvalue weighted by Crippen LogP contribution is 2.21. The van der Waals surface area contributed by atoms with Gasteiger partial charge in [0.25, 0.3) is 0 Å². The van der Waals surface area contributed by atoms with E-state index in [4.69, 9.17) is 0 Å². The first-order valence-corrected chi connectivity index (χ1v) is 13.0. The van der Waals surface area contributed by atoms with Crippen molar-refractivity contribution in [2.75, 3.05) is 5.75 Å². The molecule has 0 heterocycles. The average molecular weight is 493 g/mol. The number of hydrogen-bond acceptors (Lipinski definition) is 3. The Bertz CT molecular complexity index is 1080. The third kappa shape index (κ3) is 8.25. The summed E-state index contributed by atoms with van der Waals surface area (Å²) in [5.74, 6) is -0.202. The molecule has 0 saturated carbocycles. The largest absolute Gasteiger partial charge is 0.352 e. The van der Waals surface area contributed by atoms with Crippen molar-refractivity contribution in [1.29, 1.82) is 0 Å². The summed E-state index contributed by atoms with van der Waals surface area (Å²) in [7, 11) is 0. The molecule has 35 heavy (non-hydrogen) atoms. The number of carbonyl (C=O) groups excluding carboxylic acids is 2. The molecule has 0 aliphatic carbocycles. The quantitative estimate of drug-likeness (QED) is 0.322. The van der Waals surface area contributed by atoms with Crippen LogP contribution in [0.4, 0.5) is 4.39 Å². The van der Waals surface area contributed by atoms with Gasteiger partial charge in [-0.3, -0.25) is 9.59 Å². The molecule has 184 valence electrons. The third-order valence-corrected chi connectivity index (χ3v) is 6.91. The molecule has 0 radical (unpaired) electrons. The lowest BCUT2D eigenvalue weighted by Crippen LogP contribution is -2.52. The van der Waals surface area contributed by atoms with Crippen molar-refractivity contribution in [3.63, 3.8) is 0 Å². The van der Waals surface area contributed by atoms with E-state index < -0.39 is 6.04 Å². The Morgan fingerprint density at radius 3 is 2.23 bits per heavy atom. The maximum absolute atomic E-state index is 14.6. The van der Waals surface area contributed by atoms with Crippen molar-refractivity contribution in [2.24, 2.45) is 0 Å². The first kappa shape index (κ1) is 26.5. The predicted octanol–water partition coefficient (Wildman–Crippen LogP) is 5.86. The van der Waals surface area contributed by atoms with Crippen LogP contribution in [0.15, 0.2) is 89.8 Å². The van der Waals surface area contributed by atoms with Crippen molar-refractivity contribution in [1.82, 2.24) is 10.2 Å². The van der Waals surface area contributed by atoms with Gasteiger partial charge in [-0.1, -0.05) is 73.7 Å². The summed E-state index contributed by atoms with van der Waals surface area (Å²) in [4.78, 5) is 29.6. The van der Waals surface area contributed by atoms with E-state index in [1.54, 1.807) is 34.9 Å². The summed E-state index contributed by atoms with van der Waals surface area (Å²) >= 11 is 1.59. The second kappa shape index (κ2) is 13.7. The Labute approximate surface area is 211 Å². The molecule has 0 saturated heterocycles. The molecule has 1 N–H and O–H groups in total. The summed E-state index contributed by atoms with van der Waals surface area (Å²) in [6, 6.07) is 25.2. The molecule has 3 rings (SSSR count). The van der Waals surface area contributed by atoms with E-state index in [1.807, 2.05) is 74.5 Å². The van der Waals surface area contributed by atoms with Gasteiger partial charge in [0.05, 0.1) is 0 Å². The maximum Gasteiger partial charge on any atom is 0.243 e. The second-order valence-electron chi connectivity index (χ2n) is 8.55. The molecule has 0 aliphatic heterocycles. The lowest BCUT2D eigenvalue weighted by molar-refractivity contribution is -0.141. The molecule has 0 aliphatic rings. The van der Waals surface area contributed by atoms with Crippen molar-refractivity contribution < 1.29 is 14.0 Å². The molecule has 2 atom stereocenters. The molecule has 3 aromatic carbocycles. The van der Waals surface area contributed by atoms with E-state index in [1.165, 1.54) is 6.07 Å². The minimum atomic E-state index is -0.750. The second-order valence-corrected chi connectivity index (χ2v) is 9.72. The highest BCUT2D eigenvalue weighted by Gasteiger charge is 2.31. The van der Waals surface area contributed by atoms with E-state index in [2.05, 4.69) is 5.32 Å². The van der Waals surface area contributed by atoms with E-state index in [0.717, 1.165) is 16.9 Å². The highest BCUT2D eigenvalue weighted by atomic mass is 32.2. The minimum Gasteiger partial charge on any atom is -0.352 e. The van der Waals surface area contributed by atoms with Gasteiger partial charge in [0.2, 0.25) is 11.8 Å². The predicted molar refractivity (Wildman–Crippen MR) is 141 cm³/mol. The van der Waals surface area contributed by atoms with E-state index in [0.29, 0.717) is 17.7 Å². The van der Waals surface area contributed by atoms with Crippen LogP contribution in [0.2, 0.25) is 0 Å². The molecule has 3 aromatic rings. The number of benzene rings is 3. The number of nitrogens with one attached hydrogen (secondary N) is 1. The first-order chi connectivity index (χ1) is 17.0. The number of halogens is 1. The standard InChI is InChI=1S/C29H33FN2O2S/c1-3-22(2)31-29(34)27(20-23-12-6-4-7-13-23)32(21-24-14-10-11-17-26(24)30)28(33)18-19-35-25-15-8-5-9-16-25/h4-17,22,27H,3,18-21H2,1-2H3,(H,31,34)/t22-,27-/m1/s1. The molecule has 2 amide bonds. The van der Waals surface area contributed by atoms with Crippen LogP contribution in [-0.2, 0) is 22.6 Å². The SMILES string of the molecule is CC[C@@H](C)NC(=O)[C@@H](Cc1ccccc1)N(Cc1ccccc1F)C(=O)CCSc1ccccc1. The Balaban J connectivity index is 1.87. The number of rotatable bonds is 12. The number of hydrogen-bond donors (Lipinski definition) is 1. The van der Waals surface area contributed by atoms with Crippen LogP contribution in [0.1, 0.15) is 37.8 Å². The summed E-state index contributed by atoms with van der Waals surface area (Å²) in [5, 5.41) is 3.04. The maximum atomic E-state index is 14.6. The smallest absolute Gasteiger partial charge is 0.243 e. The lowest BCUT2D eigenvalue weighted by Gasteiger charge is -2.32. The van der Waals surface area contributed by atoms with Crippen molar-refractivity contribution >= 4 is 23.6 Å². The molecule has 0 bridgehead atoms. The van der Waals surface area contributed by atoms with Gasteiger partial charge in [0.1, 0.15) is 11.9 Å². The van der Waals surface area contributed by atoms with Crippen LogP contribution < -0.4 is 5.32 Å². The van der Waals surface area contributed by atoms with Gasteiger partial charge < -0.3 is 10.2 Å². The van der Waals surface area contributed by atoms with E-state index >= 15 is 0 Å². The van der Waals surface area contributed by atoms with Crippen molar-refractivity contribution in [3.05, 3.63) is 102 Å². The number of amides is 2. The minimum absolute atomic E-state index is 0.0279. The van der Waals surface area contributed by atoms with Gasteiger partial charge in [-0.05, 0) is 37.1 Å². The zero-order chi connectivity index (χ0) is 25.0. The van der Waals surface area contributed by atoms with Crippen LogP contribution in [0, 0.1) is 5.82 Å². The lowest BCUT2D eigenvalue weighted by atomic mass is 10.0. The summed E-state index contributed by atoms with van der Waals surface area (Å²) < 4.78 is 14.6. The van der Waals surface area contributed by atoms with Crippen LogP contribution >= 0.6 is 11.8 Å². The van der Waals surface area contributed by atoms with Gasteiger partial charge >= 0.3 is 0 Å². The Morgan fingerprint density at radius 1 is 0.943 bits per heavy atom. The van der Waals surface area contributed by atoms with Gasteiger partial charge in [-0.2, -0.15) is 0 Å². The normalized spacial score (nSPS) is 12.5. The molecule has 4 nitrogen and oxygen atoms in total. The van der Waals surface area contributed by atoms with Crippen molar-refractivity contribution in [3.8, 4) is 0 Å². The Hall–Kier alpha value is -3.12. The molecule has 0 unspecified atom stereocenters. The Kier molecular flexibility index (Phi) is 10.4. The van der Waals surface area contributed by atoms with Crippen LogP contribution in [0.3, 0.4) is 0 Å². The fourth-order valence-electron chi connectivity index (χ4n) is 3.72. The Morgan fingerprint density at radius 2 is 1.57 bits per heavy atom. The number of nitrogens with zero attached hydrogens (tertiary/aromatic N) is 1. The molecule has 0 spiro atoms. The zero-order valence-electron chi connectivity index (χ0n) is 20.3. The van der Waals surface area contributed by atoms with Gasteiger partial charge in [0, 0.05) is 41.6 Å². The molecule has 0 aromatic heterocycles. The topological polar surface area (TPSA) is 49.4 Å². The molecule has 6 heteroatoms. The third-order valence-electron chi connectivity index (χ3n) is 5.90. The molecule has 0 fully saturated rings. The van der Waals surface area contributed by atoms with E-state index in [9.17, 15) is 14.0 Å². The average Bonchev–Trinajstić information content (AvgIpc) is 2.88. The first-order valence-electron chi connectivity index (χ1n) is 12.0. The summed E-state index contributed by atoms with van der Waals surface area (Å²) in [6.07, 6.45) is 1.38. The molecular weight excluding hydrogens is 459 g/mol. The number of thioether (sulfide) groups is 1. The van der Waals surface area contributed by atoms with Crippen molar-refractivity contribution in [2.45, 2.75) is 56.6 Å². The van der Waals surface area contributed by atoms with Gasteiger partial charge in [-0.25, -0.2) is 4.39 Å². The van der Waals surface area contributed by atoms with Gasteiger partial charge in [-0.15, -0.1) is 11.8 Å². The van der Waals surface area contributed by atoms with Crippen LogP contribution in [-0.4, -0.2) is 34.6 Å². The van der Waals surface area contributed by atoms with E-state index in [-0.39, 0.29) is 36.6 Å². The fraction of sp³-hybridized carbons (Fsp3) is 0.310. The fourth-order valence-corrected chi connectivity index (χ4v) is 4.58. The van der Waals surface area contributed by atoms with Crippen LogP contribution in [0.5, 0.6) is 0 Å². The van der Waals surface area contributed by atoms with Crippen LogP contribution in [0.25, 0.3) is 0 Å². The number of carbonyl (C=O) groups is 2. The highest BCUT2D eigenvalue weighted by molar-refractivity contribution is 7.99. The zero-order valence-corrected chi connectivity index (χ0v) is 21.1. The summed E-state index contributed by atoms with van der Waals surface area (Å²) in [6.45, 7) is 3.98. The molecular formula is C29H33FN2O2S. The monoisotopic (exact) mass is 492 g/mol. The summed E-state index contributed by atoms with van der Waals surface area (Å²) in [5.41, 5.74) is 1.34. The van der Waals surface area contributed by atoms with Gasteiger partial charge in [0.15, 0.2) is 0 Å².